The number of aliphatic carboxylic acids is 1. The molecule has 35 heavy (non-hydrogen) atoms. The molecule has 1 saturated heterocycles. The Balaban J connectivity index is 1.57. The quantitative estimate of drug-likeness (QED) is 0.384. The number of pyridine rings is 1. The van der Waals surface area contributed by atoms with Gasteiger partial charge in [0.25, 0.3) is 0 Å². The number of nitrogens with zero attached hydrogens (tertiary/aromatic N) is 2. The van der Waals surface area contributed by atoms with Gasteiger partial charge in [0, 0.05) is 47.6 Å². The summed E-state index contributed by atoms with van der Waals surface area (Å²) in [5.41, 5.74) is 6.00. The fourth-order valence-corrected chi connectivity index (χ4v) is 4.83. The molecule has 0 spiro atoms. The SMILES string of the molecule is Cc1ncc(-c2ccc(OCCc3cccc(Cl)c3)cc2)c(N2CCC(C)(C)CC2)c1CC(=O)O. The maximum absolute atomic E-state index is 11.7. The lowest BCUT2D eigenvalue weighted by atomic mass is 9.82. The first kappa shape index (κ1) is 25.1. The molecule has 0 radical (unpaired) electrons. The van der Waals surface area contributed by atoms with E-state index in [2.05, 4.69) is 23.7 Å². The van der Waals surface area contributed by atoms with Crippen molar-refractivity contribution >= 4 is 23.3 Å². The van der Waals surface area contributed by atoms with Crippen LogP contribution < -0.4 is 9.64 Å². The highest BCUT2D eigenvalue weighted by Gasteiger charge is 2.29. The van der Waals surface area contributed by atoms with Crippen LogP contribution >= 0.6 is 11.6 Å². The van der Waals surface area contributed by atoms with Crippen molar-refractivity contribution in [1.29, 1.82) is 0 Å². The van der Waals surface area contributed by atoms with Crippen LogP contribution in [0.25, 0.3) is 11.1 Å². The Morgan fingerprint density at radius 2 is 1.86 bits per heavy atom. The summed E-state index contributed by atoms with van der Waals surface area (Å²) in [6.07, 6.45) is 4.76. The average molecular weight is 493 g/mol. The molecule has 2 heterocycles. The van der Waals surface area contributed by atoms with E-state index in [-0.39, 0.29) is 6.42 Å². The number of anilines is 1. The van der Waals surface area contributed by atoms with Gasteiger partial charge >= 0.3 is 5.97 Å². The highest BCUT2D eigenvalue weighted by molar-refractivity contribution is 6.30. The van der Waals surface area contributed by atoms with Crippen LogP contribution in [-0.4, -0.2) is 35.8 Å². The number of hydrogen-bond acceptors (Lipinski definition) is 4. The van der Waals surface area contributed by atoms with Crippen molar-refractivity contribution in [3.05, 3.63) is 76.6 Å². The molecule has 0 bridgehead atoms. The zero-order valence-electron chi connectivity index (χ0n) is 20.7. The molecule has 2 aromatic carbocycles. The van der Waals surface area contributed by atoms with E-state index in [0.717, 1.165) is 76.8 Å². The van der Waals surface area contributed by atoms with Crippen LogP contribution in [0.1, 0.15) is 43.5 Å². The van der Waals surface area contributed by atoms with Gasteiger partial charge in [0.2, 0.25) is 0 Å². The minimum Gasteiger partial charge on any atom is -0.493 e. The van der Waals surface area contributed by atoms with Crippen LogP contribution in [0.2, 0.25) is 5.02 Å². The van der Waals surface area contributed by atoms with Gasteiger partial charge < -0.3 is 14.7 Å². The van der Waals surface area contributed by atoms with E-state index in [1.165, 1.54) is 0 Å². The standard InChI is InChI=1S/C29H33ClN2O3/c1-20-25(18-27(33)34)28(32-14-12-29(2,3)13-15-32)26(19-31-20)22-7-9-24(10-8-22)35-16-11-21-5-4-6-23(30)17-21/h4-10,17,19H,11-16,18H2,1-3H3,(H,33,34). The second-order valence-electron chi connectivity index (χ2n) is 10.1. The summed E-state index contributed by atoms with van der Waals surface area (Å²) in [6, 6.07) is 15.8. The van der Waals surface area contributed by atoms with E-state index >= 15 is 0 Å². The molecular formula is C29H33ClN2O3. The third-order valence-electron chi connectivity index (χ3n) is 6.84. The topological polar surface area (TPSA) is 62.7 Å². The predicted molar refractivity (Wildman–Crippen MR) is 142 cm³/mol. The summed E-state index contributed by atoms with van der Waals surface area (Å²) in [6.45, 7) is 8.86. The van der Waals surface area contributed by atoms with Crippen molar-refractivity contribution in [3.63, 3.8) is 0 Å². The molecule has 1 N–H and O–H groups in total. The number of aromatic nitrogens is 1. The number of aryl methyl sites for hydroxylation is 1. The number of carbonyl (C=O) groups is 1. The van der Waals surface area contributed by atoms with Gasteiger partial charge in [-0.3, -0.25) is 9.78 Å². The lowest BCUT2D eigenvalue weighted by Gasteiger charge is -2.40. The van der Waals surface area contributed by atoms with Gasteiger partial charge in [-0.05, 0) is 60.6 Å². The highest BCUT2D eigenvalue weighted by Crippen LogP contribution is 2.40. The molecule has 6 heteroatoms. The Bertz CT molecular complexity index is 1180. The zero-order valence-corrected chi connectivity index (χ0v) is 21.4. The molecule has 0 unspecified atom stereocenters. The molecule has 0 aliphatic carbocycles. The van der Waals surface area contributed by atoms with E-state index in [4.69, 9.17) is 16.3 Å². The van der Waals surface area contributed by atoms with Crippen molar-refractivity contribution < 1.29 is 14.6 Å². The molecule has 1 aliphatic heterocycles. The average Bonchev–Trinajstić information content (AvgIpc) is 2.81. The Hall–Kier alpha value is -3.05. The molecule has 1 aromatic heterocycles. The second-order valence-corrected chi connectivity index (χ2v) is 10.5. The van der Waals surface area contributed by atoms with Gasteiger partial charge in [0.15, 0.2) is 0 Å². The molecule has 0 saturated carbocycles. The summed E-state index contributed by atoms with van der Waals surface area (Å²) in [5, 5.41) is 10.3. The largest absolute Gasteiger partial charge is 0.493 e. The first-order valence-corrected chi connectivity index (χ1v) is 12.5. The number of ether oxygens (including phenoxy) is 1. The minimum absolute atomic E-state index is 0.0351. The lowest BCUT2D eigenvalue weighted by molar-refractivity contribution is -0.136. The van der Waals surface area contributed by atoms with E-state index in [1.807, 2.05) is 61.7 Å². The Kier molecular flexibility index (Phi) is 7.66. The van der Waals surface area contributed by atoms with Gasteiger partial charge in [-0.15, -0.1) is 0 Å². The number of halogens is 1. The summed E-state index contributed by atoms with van der Waals surface area (Å²) in [5.74, 6) is -0.0445. The summed E-state index contributed by atoms with van der Waals surface area (Å²) in [4.78, 5) is 18.6. The molecule has 0 atom stereocenters. The molecule has 1 aliphatic rings. The maximum Gasteiger partial charge on any atom is 0.307 e. The van der Waals surface area contributed by atoms with E-state index in [1.54, 1.807) is 0 Å². The Morgan fingerprint density at radius 3 is 2.51 bits per heavy atom. The van der Waals surface area contributed by atoms with Crippen molar-refractivity contribution in [1.82, 2.24) is 4.98 Å². The number of rotatable bonds is 8. The fraction of sp³-hybridized carbons (Fsp3) is 0.379. The van der Waals surface area contributed by atoms with E-state index in [0.29, 0.717) is 12.0 Å². The predicted octanol–water partition coefficient (Wildman–Crippen LogP) is 6.59. The van der Waals surface area contributed by atoms with Crippen LogP contribution in [-0.2, 0) is 17.6 Å². The first-order chi connectivity index (χ1) is 16.7. The van der Waals surface area contributed by atoms with Crippen molar-refractivity contribution in [2.75, 3.05) is 24.6 Å². The lowest BCUT2D eigenvalue weighted by Crippen LogP contribution is -2.38. The van der Waals surface area contributed by atoms with Crippen molar-refractivity contribution in [3.8, 4) is 16.9 Å². The Labute approximate surface area is 212 Å². The van der Waals surface area contributed by atoms with Gasteiger partial charge in [-0.2, -0.15) is 0 Å². The van der Waals surface area contributed by atoms with Gasteiger partial charge in [-0.25, -0.2) is 0 Å². The zero-order chi connectivity index (χ0) is 25.0. The fourth-order valence-electron chi connectivity index (χ4n) is 4.62. The van der Waals surface area contributed by atoms with E-state index in [9.17, 15) is 9.90 Å². The molecule has 5 nitrogen and oxygen atoms in total. The maximum atomic E-state index is 11.7. The summed E-state index contributed by atoms with van der Waals surface area (Å²) >= 11 is 6.07. The van der Waals surface area contributed by atoms with Crippen LogP contribution in [0.4, 0.5) is 5.69 Å². The van der Waals surface area contributed by atoms with Crippen LogP contribution in [0.3, 0.4) is 0 Å². The summed E-state index contributed by atoms with van der Waals surface area (Å²) < 4.78 is 5.96. The monoisotopic (exact) mass is 492 g/mol. The number of piperidine rings is 1. The van der Waals surface area contributed by atoms with Crippen molar-refractivity contribution in [2.24, 2.45) is 5.41 Å². The third-order valence-corrected chi connectivity index (χ3v) is 7.08. The number of carboxylic acid groups (broad SMARTS) is 1. The second kappa shape index (κ2) is 10.7. The number of benzene rings is 2. The van der Waals surface area contributed by atoms with Gasteiger partial charge in [-0.1, -0.05) is 49.7 Å². The van der Waals surface area contributed by atoms with E-state index < -0.39 is 5.97 Å². The molecule has 3 aromatic rings. The Morgan fingerprint density at radius 1 is 1.14 bits per heavy atom. The molecule has 4 rings (SSSR count). The normalized spacial score (nSPS) is 15.1. The van der Waals surface area contributed by atoms with Crippen LogP contribution in [0, 0.1) is 12.3 Å². The van der Waals surface area contributed by atoms with Crippen molar-refractivity contribution in [2.45, 2.75) is 46.5 Å². The van der Waals surface area contributed by atoms with Gasteiger partial charge in [0.05, 0.1) is 18.7 Å². The molecule has 0 amide bonds. The van der Waals surface area contributed by atoms with Crippen LogP contribution in [0.5, 0.6) is 5.75 Å². The molecule has 1 fully saturated rings. The third kappa shape index (κ3) is 6.34. The summed E-state index contributed by atoms with van der Waals surface area (Å²) in [7, 11) is 0. The minimum atomic E-state index is -0.839. The number of carboxylic acids is 1. The smallest absolute Gasteiger partial charge is 0.307 e. The van der Waals surface area contributed by atoms with Gasteiger partial charge in [0.1, 0.15) is 5.75 Å². The number of hydrogen-bond donors (Lipinski definition) is 1. The first-order valence-electron chi connectivity index (χ1n) is 12.1. The highest BCUT2D eigenvalue weighted by atomic mass is 35.5. The van der Waals surface area contributed by atoms with Crippen LogP contribution in [0.15, 0.2) is 54.7 Å². The molecular weight excluding hydrogens is 460 g/mol. The molecule has 184 valence electrons.